The molecule has 0 aliphatic heterocycles. The van der Waals surface area contributed by atoms with Gasteiger partial charge in [0.15, 0.2) is 0 Å². The van der Waals surface area contributed by atoms with Gasteiger partial charge in [0, 0.05) is 19.8 Å². The first kappa shape index (κ1) is 13.1. The molecule has 0 amide bonds. The summed E-state index contributed by atoms with van der Waals surface area (Å²) in [6.07, 6.45) is 0. The summed E-state index contributed by atoms with van der Waals surface area (Å²) in [5.41, 5.74) is 2.32. The van der Waals surface area contributed by atoms with Gasteiger partial charge in [-0.1, -0.05) is 12.1 Å². The molecule has 0 aromatic heterocycles. The second-order valence-electron chi connectivity index (χ2n) is 4.48. The fourth-order valence-electron chi connectivity index (χ4n) is 1.83. The van der Waals surface area contributed by atoms with Crippen molar-refractivity contribution in [2.24, 2.45) is 0 Å². The van der Waals surface area contributed by atoms with Gasteiger partial charge >= 0.3 is 5.97 Å². The van der Waals surface area contributed by atoms with Gasteiger partial charge in [0.1, 0.15) is 5.82 Å². The summed E-state index contributed by atoms with van der Waals surface area (Å²) < 4.78 is 13.4. The molecule has 0 atom stereocenters. The monoisotopic (exact) mass is 259 g/mol. The number of aromatic carboxylic acids is 1. The van der Waals surface area contributed by atoms with Crippen LogP contribution in [0.25, 0.3) is 11.1 Å². The van der Waals surface area contributed by atoms with Crippen LogP contribution in [0.5, 0.6) is 0 Å². The van der Waals surface area contributed by atoms with Gasteiger partial charge in [0.2, 0.25) is 0 Å². The third kappa shape index (κ3) is 2.91. The Hall–Kier alpha value is -2.36. The first-order valence-corrected chi connectivity index (χ1v) is 5.79. The molecule has 4 heteroatoms. The Morgan fingerprint density at radius 2 is 1.68 bits per heavy atom. The minimum atomic E-state index is -1.13. The lowest BCUT2D eigenvalue weighted by Gasteiger charge is -2.13. The third-order valence-corrected chi connectivity index (χ3v) is 2.86. The lowest BCUT2D eigenvalue weighted by molar-refractivity contribution is 0.0696. The minimum Gasteiger partial charge on any atom is -0.478 e. The van der Waals surface area contributed by atoms with Gasteiger partial charge in [-0.2, -0.15) is 0 Å². The van der Waals surface area contributed by atoms with E-state index in [2.05, 4.69) is 0 Å². The van der Waals surface area contributed by atoms with Crippen LogP contribution < -0.4 is 4.90 Å². The molecule has 3 nitrogen and oxygen atoms in total. The van der Waals surface area contributed by atoms with Crippen molar-refractivity contribution in [2.75, 3.05) is 19.0 Å². The molecule has 0 spiro atoms. The summed E-state index contributed by atoms with van der Waals surface area (Å²) in [5.74, 6) is -1.68. The van der Waals surface area contributed by atoms with Crippen LogP contribution in [0.3, 0.4) is 0 Å². The van der Waals surface area contributed by atoms with E-state index in [0.717, 1.165) is 17.3 Å². The molecule has 0 aliphatic carbocycles. The number of hydrogen-bond acceptors (Lipinski definition) is 2. The second kappa shape index (κ2) is 5.10. The Labute approximate surface area is 110 Å². The molecule has 0 unspecified atom stereocenters. The van der Waals surface area contributed by atoms with Gasteiger partial charge in [-0.05, 0) is 41.5 Å². The van der Waals surface area contributed by atoms with E-state index in [1.54, 1.807) is 0 Å². The molecule has 0 saturated heterocycles. The van der Waals surface area contributed by atoms with E-state index >= 15 is 0 Å². The first-order valence-electron chi connectivity index (χ1n) is 5.79. The van der Waals surface area contributed by atoms with E-state index < -0.39 is 11.8 Å². The summed E-state index contributed by atoms with van der Waals surface area (Å²) in [6.45, 7) is 0. The van der Waals surface area contributed by atoms with E-state index in [1.807, 2.05) is 43.3 Å². The molecule has 0 aliphatic rings. The Morgan fingerprint density at radius 1 is 1.05 bits per heavy atom. The average molecular weight is 259 g/mol. The quantitative estimate of drug-likeness (QED) is 0.919. The zero-order valence-corrected chi connectivity index (χ0v) is 10.7. The van der Waals surface area contributed by atoms with Gasteiger partial charge in [0.05, 0.1) is 5.56 Å². The SMILES string of the molecule is CN(C)c1ccc(-c2cc(F)cc(C(=O)O)c2)cc1. The first-order chi connectivity index (χ1) is 8.97. The molecule has 0 fully saturated rings. The number of hydrogen-bond donors (Lipinski definition) is 1. The van der Waals surface area contributed by atoms with Crippen LogP contribution in [0.2, 0.25) is 0 Å². The predicted molar refractivity (Wildman–Crippen MR) is 73.1 cm³/mol. The molecular formula is C15H14FNO2. The molecule has 1 N–H and O–H groups in total. The summed E-state index contributed by atoms with van der Waals surface area (Å²) in [6, 6.07) is 11.3. The third-order valence-electron chi connectivity index (χ3n) is 2.86. The Kier molecular flexibility index (Phi) is 3.51. The molecule has 2 aromatic carbocycles. The van der Waals surface area contributed by atoms with Gasteiger partial charge in [-0.3, -0.25) is 0 Å². The van der Waals surface area contributed by atoms with Crippen LogP contribution in [0.4, 0.5) is 10.1 Å². The van der Waals surface area contributed by atoms with E-state index in [-0.39, 0.29) is 5.56 Å². The number of rotatable bonds is 3. The topological polar surface area (TPSA) is 40.5 Å². The van der Waals surface area contributed by atoms with Crippen molar-refractivity contribution in [1.29, 1.82) is 0 Å². The number of nitrogens with zero attached hydrogens (tertiary/aromatic N) is 1. The molecule has 0 radical (unpaired) electrons. The second-order valence-corrected chi connectivity index (χ2v) is 4.48. The summed E-state index contributed by atoms with van der Waals surface area (Å²) >= 11 is 0. The van der Waals surface area contributed by atoms with Crippen LogP contribution in [-0.2, 0) is 0 Å². The van der Waals surface area contributed by atoms with Gasteiger partial charge < -0.3 is 10.0 Å². The van der Waals surface area contributed by atoms with E-state index in [0.29, 0.717) is 5.56 Å². The number of carboxylic acid groups (broad SMARTS) is 1. The number of benzene rings is 2. The zero-order valence-electron chi connectivity index (χ0n) is 10.7. The van der Waals surface area contributed by atoms with Gasteiger partial charge in [0.25, 0.3) is 0 Å². The van der Waals surface area contributed by atoms with E-state index in [1.165, 1.54) is 12.1 Å². The summed E-state index contributed by atoms with van der Waals surface area (Å²) in [5, 5.41) is 8.92. The zero-order chi connectivity index (χ0) is 14.0. The van der Waals surface area contributed by atoms with E-state index in [9.17, 15) is 9.18 Å². The summed E-state index contributed by atoms with van der Waals surface area (Å²) in [4.78, 5) is 12.9. The predicted octanol–water partition coefficient (Wildman–Crippen LogP) is 3.26. The maximum atomic E-state index is 13.4. The largest absolute Gasteiger partial charge is 0.478 e. The number of carboxylic acids is 1. The Bertz CT molecular complexity index is 606. The van der Waals surface area contributed by atoms with Crippen molar-refractivity contribution in [3.05, 3.63) is 53.8 Å². The van der Waals surface area contributed by atoms with Crippen LogP contribution in [0.15, 0.2) is 42.5 Å². The standard InChI is InChI=1S/C15H14FNO2/c1-17(2)14-5-3-10(4-6-14)11-7-12(15(18)19)9-13(16)8-11/h3-9H,1-2H3,(H,18,19). The normalized spacial score (nSPS) is 10.3. The van der Waals surface area contributed by atoms with E-state index in [4.69, 9.17) is 5.11 Å². The van der Waals surface area contributed by atoms with Crippen molar-refractivity contribution in [2.45, 2.75) is 0 Å². The highest BCUT2D eigenvalue weighted by Crippen LogP contribution is 2.24. The molecule has 19 heavy (non-hydrogen) atoms. The number of anilines is 1. The fourth-order valence-corrected chi connectivity index (χ4v) is 1.83. The van der Waals surface area contributed by atoms with Crippen molar-refractivity contribution >= 4 is 11.7 Å². The Morgan fingerprint density at radius 3 is 2.21 bits per heavy atom. The van der Waals surface area contributed by atoms with Crippen LogP contribution in [-0.4, -0.2) is 25.2 Å². The smallest absolute Gasteiger partial charge is 0.335 e. The van der Waals surface area contributed by atoms with Crippen LogP contribution >= 0.6 is 0 Å². The van der Waals surface area contributed by atoms with Gasteiger partial charge in [-0.15, -0.1) is 0 Å². The highest BCUT2D eigenvalue weighted by molar-refractivity contribution is 5.89. The number of halogens is 1. The molecule has 98 valence electrons. The van der Waals surface area contributed by atoms with Crippen LogP contribution in [0.1, 0.15) is 10.4 Å². The average Bonchev–Trinajstić information content (AvgIpc) is 2.38. The van der Waals surface area contributed by atoms with Crippen LogP contribution in [0, 0.1) is 5.82 Å². The van der Waals surface area contributed by atoms with Crippen molar-refractivity contribution in [1.82, 2.24) is 0 Å². The maximum Gasteiger partial charge on any atom is 0.335 e. The molecule has 0 heterocycles. The highest BCUT2D eigenvalue weighted by Gasteiger charge is 2.08. The van der Waals surface area contributed by atoms with Crippen molar-refractivity contribution in [3.8, 4) is 11.1 Å². The van der Waals surface area contributed by atoms with Crippen molar-refractivity contribution < 1.29 is 14.3 Å². The lowest BCUT2D eigenvalue weighted by Crippen LogP contribution is -2.07. The Balaban J connectivity index is 2.43. The molecule has 0 bridgehead atoms. The molecule has 2 rings (SSSR count). The fraction of sp³-hybridized carbons (Fsp3) is 0.133. The van der Waals surface area contributed by atoms with Crippen molar-refractivity contribution in [3.63, 3.8) is 0 Å². The molecule has 0 saturated carbocycles. The lowest BCUT2D eigenvalue weighted by atomic mass is 10.0. The minimum absolute atomic E-state index is 0.0494. The molecular weight excluding hydrogens is 245 g/mol. The highest BCUT2D eigenvalue weighted by atomic mass is 19.1. The summed E-state index contributed by atoms with van der Waals surface area (Å²) in [7, 11) is 3.86. The number of carbonyl (C=O) groups is 1. The molecule has 2 aromatic rings. The van der Waals surface area contributed by atoms with Gasteiger partial charge in [-0.25, -0.2) is 9.18 Å². The maximum absolute atomic E-state index is 13.4.